The monoisotopic (exact) mass is 283 g/mol. The van der Waals surface area contributed by atoms with E-state index in [2.05, 4.69) is 55.6 Å². The van der Waals surface area contributed by atoms with Crippen molar-refractivity contribution in [3.05, 3.63) is 65.2 Å². The minimum atomic E-state index is 0.238. The molecule has 0 aliphatic rings. The lowest BCUT2D eigenvalue weighted by Gasteiger charge is -2.20. The van der Waals surface area contributed by atoms with Crippen LogP contribution in [0.3, 0.4) is 0 Å². The van der Waals surface area contributed by atoms with Crippen molar-refractivity contribution >= 4 is 0 Å². The van der Waals surface area contributed by atoms with Gasteiger partial charge in [-0.15, -0.1) is 0 Å². The lowest BCUT2D eigenvalue weighted by Crippen LogP contribution is -2.23. The first-order valence-electron chi connectivity index (χ1n) is 7.74. The summed E-state index contributed by atoms with van der Waals surface area (Å²) in [7, 11) is 1.70. The zero-order valence-electron chi connectivity index (χ0n) is 13.2. The Bertz CT molecular complexity index is 483. The van der Waals surface area contributed by atoms with Gasteiger partial charge in [0.05, 0.1) is 13.2 Å². The molecule has 112 valence electrons. The van der Waals surface area contributed by atoms with Crippen LogP contribution in [0.2, 0.25) is 0 Å². The van der Waals surface area contributed by atoms with E-state index in [0.717, 1.165) is 25.1 Å². The highest BCUT2D eigenvalue weighted by Gasteiger charge is 2.13. The lowest BCUT2D eigenvalue weighted by molar-refractivity contribution is 0.414. The zero-order chi connectivity index (χ0) is 15.1. The molecular formula is C19H25NO. The molecule has 0 aliphatic carbocycles. The van der Waals surface area contributed by atoms with E-state index < -0.39 is 0 Å². The molecule has 0 aromatic heterocycles. The van der Waals surface area contributed by atoms with Crippen LogP contribution < -0.4 is 10.1 Å². The average Bonchev–Trinajstić information content (AvgIpc) is 2.56. The van der Waals surface area contributed by atoms with Crippen molar-refractivity contribution in [2.75, 3.05) is 13.7 Å². The predicted octanol–water partition coefficient (Wildman–Crippen LogP) is 4.35. The van der Waals surface area contributed by atoms with Gasteiger partial charge in [-0.1, -0.05) is 50.2 Å². The molecule has 1 unspecified atom stereocenters. The molecule has 0 fully saturated rings. The van der Waals surface area contributed by atoms with Crippen LogP contribution in [-0.4, -0.2) is 13.7 Å². The number of rotatable bonds is 7. The maximum absolute atomic E-state index is 5.25. The molecule has 0 saturated carbocycles. The van der Waals surface area contributed by atoms with Crippen molar-refractivity contribution in [1.29, 1.82) is 0 Å². The first kappa shape index (κ1) is 15.6. The van der Waals surface area contributed by atoms with E-state index >= 15 is 0 Å². The second-order valence-corrected chi connectivity index (χ2v) is 5.26. The second kappa shape index (κ2) is 7.84. The van der Waals surface area contributed by atoms with Crippen LogP contribution in [0, 0.1) is 0 Å². The number of hydrogen-bond acceptors (Lipinski definition) is 2. The van der Waals surface area contributed by atoms with E-state index in [0.29, 0.717) is 0 Å². The van der Waals surface area contributed by atoms with Gasteiger partial charge in [0.2, 0.25) is 0 Å². The summed E-state index contributed by atoms with van der Waals surface area (Å²) in [6, 6.07) is 17.5. The molecule has 1 N–H and O–H groups in total. The first-order chi connectivity index (χ1) is 10.3. The van der Waals surface area contributed by atoms with Gasteiger partial charge in [0.1, 0.15) is 5.75 Å². The van der Waals surface area contributed by atoms with E-state index in [1.807, 2.05) is 12.1 Å². The number of nitrogens with one attached hydrogen (secondary N) is 1. The number of methoxy groups -OCH3 is 1. The van der Waals surface area contributed by atoms with Gasteiger partial charge < -0.3 is 10.1 Å². The zero-order valence-corrected chi connectivity index (χ0v) is 13.2. The Hall–Kier alpha value is -1.80. The Morgan fingerprint density at radius 3 is 1.95 bits per heavy atom. The smallest absolute Gasteiger partial charge is 0.118 e. The highest BCUT2D eigenvalue weighted by molar-refractivity contribution is 5.36. The summed E-state index contributed by atoms with van der Waals surface area (Å²) in [5.41, 5.74) is 3.96. The van der Waals surface area contributed by atoms with E-state index in [9.17, 15) is 0 Å². The molecule has 2 heteroatoms. The van der Waals surface area contributed by atoms with Gasteiger partial charge in [0, 0.05) is 0 Å². The van der Waals surface area contributed by atoms with Crippen molar-refractivity contribution in [1.82, 2.24) is 5.32 Å². The molecule has 2 aromatic rings. The van der Waals surface area contributed by atoms with E-state index in [4.69, 9.17) is 4.74 Å². The minimum Gasteiger partial charge on any atom is -0.497 e. The van der Waals surface area contributed by atoms with Gasteiger partial charge in [-0.3, -0.25) is 0 Å². The quantitative estimate of drug-likeness (QED) is 0.816. The summed E-state index contributed by atoms with van der Waals surface area (Å²) in [5.74, 6) is 0.898. The summed E-state index contributed by atoms with van der Waals surface area (Å²) in [4.78, 5) is 0. The second-order valence-electron chi connectivity index (χ2n) is 5.26. The van der Waals surface area contributed by atoms with Gasteiger partial charge in [0.25, 0.3) is 0 Å². The third-order valence-corrected chi connectivity index (χ3v) is 3.77. The number of aryl methyl sites for hydroxylation is 1. The molecule has 0 radical (unpaired) electrons. The Balaban J connectivity index is 2.26. The third kappa shape index (κ3) is 4.08. The Morgan fingerprint density at radius 1 is 0.905 bits per heavy atom. The SMILES string of the molecule is CCCNC(c1ccc(CC)cc1)c1ccc(OC)cc1. The standard InChI is InChI=1S/C19H25NO/c1-4-14-20-19(16-8-6-15(5-2)7-9-16)17-10-12-18(21-3)13-11-17/h6-13,19-20H,4-5,14H2,1-3H3. The summed E-state index contributed by atoms with van der Waals surface area (Å²) < 4.78 is 5.25. The third-order valence-electron chi connectivity index (χ3n) is 3.77. The molecule has 0 aliphatic heterocycles. The van der Waals surface area contributed by atoms with Crippen molar-refractivity contribution in [2.45, 2.75) is 32.7 Å². The number of ether oxygens (including phenoxy) is 1. The topological polar surface area (TPSA) is 21.3 Å². The van der Waals surface area contributed by atoms with Crippen LogP contribution in [0.15, 0.2) is 48.5 Å². The molecule has 2 aromatic carbocycles. The fourth-order valence-electron chi connectivity index (χ4n) is 2.46. The molecule has 0 spiro atoms. The van der Waals surface area contributed by atoms with E-state index in [1.54, 1.807) is 7.11 Å². The van der Waals surface area contributed by atoms with Crippen LogP contribution in [0.5, 0.6) is 5.75 Å². The Kier molecular flexibility index (Phi) is 5.82. The van der Waals surface area contributed by atoms with Crippen molar-refractivity contribution in [3.63, 3.8) is 0 Å². The largest absolute Gasteiger partial charge is 0.497 e. The fraction of sp³-hybridized carbons (Fsp3) is 0.368. The van der Waals surface area contributed by atoms with Gasteiger partial charge in [-0.05, 0) is 48.2 Å². The number of hydrogen-bond donors (Lipinski definition) is 1. The molecule has 0 amide bonds. The van der Waals surface area contributed by atoms with Gasteiger partial charge in [-0.2, -0.15) is 0 Å². The fourth-order valence-corrected chi connectivity index (χ4v) is 2.46. The first-order valence-corrected chi connectivity index (χ1v) is 7.74. The molecule has 2 rings (SSSR count). The van der Waals surface area contributed by atoms with Crippen molar-refractivity contribution in [2.24, 2.45) is 0 Å². The molecular weight excluding hydrogens is 258 g/mol. The molecule has 0 heterocycles. The molecule has 1 atom stereocenters. The van der Waals surface area contributed by atoms with Crippen LogP contribution in [0.1, 0.15) is 43.0 Å². The summed E-state index contributed by atoms with van der Waals surface area (Å²) in [5, 5.41) is 3.64. The van der Waals surface area contributed by atoms with Crippen molar-refractivity contribution in [3.8, 4) is 5.75 Å². The van der Waals surface area contributed by atoms with Gasteiger partial charge >= 0.3 is 0 Å². The Labute approximate surface area is 128 Å². The Morgan fingerprint density at radius 2 is 1.48 bits per heavy atom. The van der Waals surface area contributed by atoms with Crippen LogP contribution >= 0.6 is 0 Å². The van der Waals surface area contributed by atoms with E-state index in [1.165, 1.54) is 16.7 Å². The summed E-state index contributed by atoms with van der Waals surface area (Å²) in [6.07, 6.45) is 2.20. The van der Waals surface area contributed by atoms with Crippen LogP contribution in [0.25, 0.3) is 0 Å². The molecule has 21 heavy (non-hydrogen) atoms. The minimum absolute atomic E-state index is 0.238. The molecule has 0 bridgehead atoms. The number of benzene rings is 2. The maximum atomic E-state index is 5.25. The van der Waals surface area contributed by atoms with Crippen LogP contribution in [0.4, 0.5) is 0 Å². The lowest BCUT2D eigenvalue weighted by atomic mass is 9.97. The highest BCUT2D eigenvalue weighted by Crippen LogP contribution is 2.24. The van der Waals surface area contributed by atoms with Crippen LogP contribution in [-0.2, 0) is 6.42 Å². The maximum Gasteiger partial charge on any atom is 0.118 e. The summed E-state index contributed by atoms with van der Waals surface area (Å²) >= 11 is 0. The predicted molar refractivity (Wildman–Crippen MR) is 89.0 cm³/mol. The molecule has 0 saturated heterocycles. The summed E-state index contributed by atoms with van der Waals surface area (Å²) in [6.45, 7) is 5.38. The normalized spacial score (nSPS) is 12.1. The van der Waals surface area contributed by atoms with Gasteiger partial charge in [0.15, 0.2) is 0 Å². The van der Waals surface area contributed by atoms with Crippen molar-refractivity contribution < 1.29 is 4.74 Å². The van der Waals surface area contributed by atoms with Gasteiger partial charge in [-0.25, -0.2) is 0 Å². The van der Waals surface area contributed by atoms with E-state index in [-0.39, 0.29) is 6.04 Å². The average molecular weight is 283 g/mol. The molecule has 2 nitrogen and oxygen atoms in total. The highest BCUT2D eigenvalue weighted by atomic mass is 16.5.